The zero-order chi connectivity index (χ0) is 31.1. The first-order chi connectivity index (χ1) is 20.5. The number of hydrogen-bond acceptors (Lipinski definition) is 5. The van der Waals surface area contributed by atoms with E-state index >= 15 is 0 Å². The molecule has 0 atom stereocenters. The summed E-state index contributed by atoms with van der Waals surface area (Å²) in [6, 6.07) is 24.3. The quantitative estimate of drug-likeness (QED) is 0.200. The third-order valence-corrected chi connectivity index (χ3v) is 6.55. The Kier molecular flexibility index (Phi) is 9.31. The summed E-state index contributed by atoms with van der Waals surface area (Å²) >= 11 is 0. The van der Waals surface area contributed by atoms with Crippen LogP contribution >= 0.6 is 0 Å². The van der Waals surface area contributed by atoms with Gasteiger partial charge in [-0.3, -0.25) is 14.2 Å². The molecule has 0 bridgehead atoms. The smallest absolute Gasteiger partial charge is 0.335 e. The highest BCUT2D eigenvalue weighted by atomic mass is 19.1. The number of aromatic nitrogens is 1. The Morgan fingerprint density at radius 2 is 1.42 bits per heavy atom. The van der Waals surface area contributed by atoms with Crippen LogP contribution in [0.4, 0.5) is 4.39 Å². The van der Waals surface area contributed by atoms with Crippen LogP contribution < -0.4 is 4.74 Å². The molecule has 0 saturated carbocycles. The van der Waals surface area contributed by atoms with E-state index in [-0.39, 0.29) is 29.0 Å². The highest BCUT2D eigenvalue weighted by Crippen LogP contribution is 2.28. The summed E-state index contributed by atoms with van der Waals surface area (Å²) in [4.78, 5) is 45.5. The maximum absolute atomic E-state index is 13.2. The second-order valence-corrected chi connectivity index (χ2v) is 9.45. The van der Waals surface area contributed by atoms with Crippen LogP contribution in [-0.4, -0.2) is 43.7 Å². The maximum atomic E-state index is 13.2. The molecule has 0 fully saturated rings. The Bertz CT molecular complexity index is 1780. The van der Waals surface area contributed by atoms with Gasteiger partial charge < -0.3 is 20.1 Å². The molecule has 0 aliphatic carbocycles. The van der Waals surface area contributed by atoms with Crippen molar-refractivity contribution in [1.82, 2.24) is 4.57 Å². The van der Waals surface area contributed by atoms with Crippen LogP contribution in [0, 0.1) is 12.7 Å². The molecule has 1 aromatic heterocycles. The van der Waals surface area contributed by atoms with E-state index in [4.69, 9.17) is 14.9 Å². The molecule has 218 valence electrons. The van der Waals surface area contributed by atoms with Crippen molar-refractivity contribution >= 4 is 34.7 Å². The molecule has 0 spiro atoms. The molecule has 9 nitrogen and oxygen atoms in total. The van der Waals surface area contributed by atoms with Crippen LogP contribution in [0.3, 0.4) is 0 Å². The average molecular weight is 584 g/mol. The molecule has 10 heteroatoms. The number of rotatable bonds is 8. The summed E-state index contributed by atoms with van der Waals surface area (Å²) in [7, 11) is 0. The number of carbonyl (C=O) groups excluding carboxylic acids is 1. The largest absolute Gasteiger partial charge is 0.489 e. The molecular formula is C33H26FNO8. The third kappa shape index (κ3) is 7.31. The fourth-order valence-corrected chi connectivity index (χ4v) is 4.41. The van der Waals surface area contributed by atoms with Crippen molar-refractivity contribution in [3.8, 4) is 5.75 Å². The summed E-state index contributed by atoms with van der Waals surface area (Å²) in [6.07, 6.45) is 1.29. The zero-order valence-corrected chi connectivity index (χ0v) is 22.9. The summed E-state index contributed by atoms with van der Waals surface area (Å²) in [5.74, 6) is -3.45. The number of carboxylic acid groups (broad SMARTS) is 3. The van der Waals surface area contributed by atoms with Crippen LogP contribution in [0.15, 0.2) is 97.2 Å². The fraction of sp³-hybridized carbons (Fsp3) is 0.0909. The second-order valence-electron chi connectivity index (χ2n) is 9.45. The van der Waals surface area contributed by atoms with Crippen LogP contribution in [0.25, 0.3) is 10.9 Å². The Hall–Kier alpha value is -5.77. The molecule has 1 heterocycles. The molecule has 5 rings (SSSR count). The average Bonchev–Trinajstić information content (AvgIpc) is 3.33. The molecule has 43 heavy (non-hydrogen) atoms. The number of fused-ring (bicyclic) bond motifs is 1. The lowest BCUT2D eigenvalue weighted by atomic mass is 10.0. The van der Waals surface area contributed by atoms with Gasteiger partial charge in [0.05, 0.1) is 23.1 Å². The van der Waals surface area contributed by atoms with Crippen molar-refractivity contribution in [3.05, 3.63) is 136 Å². The SMILES string of the molecule is Cc1c(C(=O)O)cccc1C(=O)O.O=C(O)Cc1cn(C(=O)c2ccc(F)cc2)c2ccc(OCc3ccccc3)cc12. The van der Waals surface area contributed by atoms with E-state index in [1.54, 1.807) is 18.2 Å². The highest BCUT2D eigenvalue weighted by molar-refractivity contribution is 6.03. The molecule has 0 aliphatic rings. The molecule has 3 N–H and O–H groups in total. The van der Waals surface area contributed by atoms with Gasteiger partial charge in [-0.05, 0) is 78.2 Å². The Labute approximate surface area is 245 Å². The minimum Gasteiger partial charge on any atom is -0.489 e. The van der Waals surface area contributed by atoms with E-state index in [9.17, 15) is 28.7 Å². The number of carbonyl (C=O) groups is 4. The predicted octanol–water partition coefficient (Wildman–Crippen LogP) is 6.07. The summed E-state index contributed by atoms with van der Waals surface area (Å²) in [6.45, 7) is 1.85. The first kappa shape index (κ1) is 30.2. The third-order valence-electron chi connectivity index (χ3n) is 6.55. The van der Waals surface area contributed by atoms with Gasteiger partial charge in [0.15, 0.2) is 0 Å². The van der Waals surface area contributed by atoms with Crippen LogP contribution in [0.2, 0.25) is 0 Å². The Morgan fingerprint density at radius 1 is 0.791 bits per heavy atom. The molecule has 0 unspecified atom stereocenters. The lowest BCUT2D eigenvalue weighted by Crippen LogP contribution is -2.10. The summed E-state index contributed by atoms with van der Waals surface area (Å²) < 4.78 is 20.4. The van der Waals surface area contributed by atoms with E-state index in [1.165, 1.54) is 60.2 Å². The number of nitrogens with zero attached hydrogens (tertiary/aromatic N) is 1. The second kappa shape index (κ2) is 13.3. The molecular weight excluding hydrogens is 557 g/mol. The number of carboxylic acids is 3. The van der Waals surface area contributed by atoms with Gasteiger partial charge >= 0.3 is 17.9 Å². The summed E-state index contributed by atoms with van der Waals surface area (Å²) in [5, 5.41) is 27.3. The van der Waals surface area contributed by atoms with Crippen LogP contribution in [-0.2, 0) is 17.8 Å². The zero-order valence-electron chi connectivity index (χ0n) is 22.9. The molecule has 5 aromatic rings. The number of aliphatic carboxylic acids is 1. The van der Waals surface area contributed by atoms with Crippen molar-refractivity contribution in [1.29, 1.82) is 0 Å². The van der Waals surface area contributed by atoms with E-state index in [0.717, 1.165) is 5.56 Å². The Balaban J connectivity index is 0.000000273. The number of aromatic carboxylic acids is 2. The van der Waals surface area contributed by atoms with Gasteiger partial charge in [0.1, 0.15) is 18.2 Å². The maximum Gasteiger partial charge on any atom is 0.335 e. The van der Waals surface area contributed by atoms with E-state index in [2.05, 4.69) is 0 Å². The van der Waals surface area contributed by atoms with Gasteiger partial charge in [-0.25, -0.2) is 14.0 Å². The van der Waals surface area contributed by atoms with E-state index in [1.807, 2.05) is 30.3 Å². The molecule has 0 saturated heterocycles. The van der Waals surface area contributed by atoms with Gasteiger partial charge in [-0.2, -0.15) is 0 Å². The fourth-order valence-electron chi connectivity index (χ4n) is 4.41. The van der Waals surface area contributed by atoms with Crippen molar-refractivity contribution in [2.24, 2.45) is 0 Å². The van der Waals surface area contributed by atoms with Gasteiger partial charge in [0.25, 0.3) is 5.91 Å². The van der Waals surface area contributed by atoms with Crippen LogP contribution in [0.5, 0.6) is 5.75 Å². The van der Waals surface area contributed by atoms with Crippen molar-refractivity contribution in [2.45, 2.75) is 20.0 Å². The first-order valence-corrected chi connectivity index (χ1v) is 12.9. The minimum absolute atomic E-state index is 0.0277. The summed E-state index contributed by atoms with van der Waals surface area (Å²) in [5.41, 5.74) is 2.71. The normalized spacial score (nSPS) is 10.5. The van der Waals surface area contributed by atoms with Crippen molar-refractivity contribution in [2.75, 3.05) is 0 Å². The number of benzene rings is 4. The standard InChI is InChI=1S/C24H18FNO4.C9H8O4/c25-19-8-6-17(7-9-19)24(29)26-14-18(12-23(27)28)21-13-20(10-11-22(21)26)30-15-16-4-2-1-3-5-16;1-5-6(8(10)11)3-2-4-7(5)9(12)13/h1-11,13-14H,12,15H2,(H,27,28);2-4H,1H3,(H,10,11)(H,12,13). The Morgan fingerprint density at radius 3 is 2.00 bits per heavy atom. The van der Waals surface area contributed by atoms with Gasteiger partial charge in [-0.15, -0.1) is 0 Å². The lowest BCUT2D eigenvalue weighted by molar-refractivity contribution is -0.136. The first-order valence-electron chi connectivity index (χ1n) is 12.9. The van der Waals surface area contributed by atoms with Crippen molar-refractivity contribution in [3.63, 3.8) is 0 Å². The van der Waals surface area contributed by atoms with Crippen LogP contribution in [0.1, 0.15) is 47.8 Å². The molecule has 0 amide bonds. The highest BCUT2D eigenvalue weighted by Gasteiger charge is 2.18. The van der Waals surface area contributed by atoms with Gasteiger partial charge in [-0.1, -0.05) is 36.4 Å². The minimum atomic E-state index is -1.11. The van der Waals surface area contributed by atoms with E-state index < -0.39 is 23.7 Å². The number of ether oxygens (including phenoxy) is 1. The van der Waals surface area contributed by atoms with Gasteiger partial charge in [0, 0.05) is 17.1 Å². The van der Waals surface area contributed by atoms with Crippen molar-refractivity contribution < 1.29 is 43.6 Å². The molecule has 0 radical (unpaired) electrons. The molecule has 4 aromatic carbocycles. The van der Waals surface area contributed by atoms with Gasteiger partial charge in [0.2, 0.25) is 0 Å². The predicted molar refractivity (Wildman–Crippen MR) is 155 cm³/mol. The monoisotopic (exact) mass is 583 g/mol. The number of halogens is 1. The topological polar surface area (TPSA) is 143 Å². The number of hydrogen-bond donors (Lipinski definition) is 3. The molecule has 0 aliphatic heterocycles. The lowest BCUT2D eigenvalue weighted by Gasteiger charge is -2.08. The van der Waals surface area contributed by atoms with E-state index in [0.29, 0.717) is 34.4 Å².